The zero-order chi connectivity index (χ0) is 14.8. The highest BCUT2D eigenvalue weighted by molar-refractivity contribution is 7.92. The van der Waals surface area contributed by atoms with Crippen LogP contribution in [0.25, 0.3) is 0 Å². The smallest absolute Gasteiger partial charge is 0.325 e. The normalized spacial score (nSPS) is 11.2. The molecule has 0 saturated carbocycles. The molecule has 0 bridgehead atoms. The Hall–Kier alpha value is -2.42. The van der Waals surface area contributed by atoms with Crippen molar-refractivity contribution in [1.29, 1.82) is 0 Å². The number of rotatable bonds is 5. The minimum absolute atomic E-state index is 0.107. The third-order valence-corrected chi connectivity index (χ3v) is 3.70. The molecule has 0 saturated heterocycles. The van der Waals surface area contributed by atoms with Gasteiger partial charge in [0.2, 0.25) is 0 Å². The summed E-state index contributed by atoms with van der Waals surface area (Å²) in [7, 11) is -3.86. The molecule has 9 heteroatoms. The van der Waals surface area contributed by atoms with E-state index in [0.29, 0.717) is 0 Å². The summed E-state index contributed by atoms with van der Waals surface area (Å²) in [6.07, 6.45) is 2.43. The van der Waals surface area contributed by atoms with E-state index < -0.39 is 21.8 Å². The standard InChI is InChI=1S/C11H10FN3O4S/c12-8-1-3-10(4-2-8)20(18,19)14-9-5-13-15(6-9)7-11(16)17/h1-6,14H,7H2,(H,16,17). The van der Waals surface area contributed by atoms with E-state index in [1.807, 2.05) is 0 Å². The van der Waals surface area contributed by atoms with E-state index in [9.17, 15) is 17.6 Å². The van der Waals surface area contributed by atoms with E-state index >= 15 is 0 Å². The van der Waals surface area contributed by atoms with Crippen LogP contribution in [0, 0.1) is 5.82 Å². The first kappa shape index (κ1) is 14.0. The maximum absolute atomic E-state index is 12.7. The van der Waals surface area contributed by atoms with Crippen molar-refractivity contribution in [2.45, 2.75) is 11.4 Å². The first-order chi connectivity index (χ1) is 9.37. The quantitative estimate of drug-likeness (QED) is 0.854. The summed E-state index contributed by atoms with van der Waals surface area (Å²) >= 11 is 0. The predicted octanol–water partition coefficient (Wildman–Crippen LogP) is 0.908. The number of hydrogen-bond acceptors (Lipinski definition) is 4. The average molecular weight is 299 g/mol. The third kappa shape index (κ3) is 3.32. The maximum Gasteiger partial charge on any atom is 0.325 e. The molecule has 0 radical (unpaired) electrons. The molecule has 7 nitrogen and oxygen atoms in total. The van der Waals surface area contributed by atoms with Crippen LogP contribution >= 0.6 is 0 Å². The molecule has 0 aliphatic heterocycles. The Labute approximate surface area is 113 Å². The number of aromatic nitrogens is 2. The highest BCUT2D eigenvalue weighted by Gasteiger charge is 2.15. The number of benzene rings is 1. The van der Waals surface area contributed by atoms with E-state index in [2.05, 4.69) is 9.82 Å². The molecule has 1 aromatic heterocycles. The van der Waals surface area contributed by atoms with Crippen LogP contribution in [0.2, 0.25) is 0 Å². The molecule has 2 aromatic rings. The number of carbonyl (C=O) groups is 1. The van der Waals surface area contributed by atoms with Crippen LogP contribution in [0.5, 0.6) is 0 Å². The van der Waals surface area contributed by atoms with Crippen LogP contribution in [-0.4, -0.2) is 29.3 Å². The zero-order valence-electron chi connectivity index (χ0n) is 10.0. The molecular weight excluding hydrogens is 289 g/mol. The van der Waals surface area contributed by atoms with Crippen molar-refractivity contribution in [2.75, 3.05) is 4.72 Å². The van der Waals surface area contributed by atoms with Crippen molar-refractivity contribution >= 4 is 21.7 Å². The lowest BCUT2D eigenvalue weighted by Crippen LogP contribution is -2.12. The topological polar surface area (TPSA) is 101 Å². The first-order valence-corrected chi connectivity index (χ1v) is 6.88. The molecule has 106 valence electrons. The SMILES string of the molecule is O=C(O)Cn1cc(NS(=O)(=O)c2ccc(F)cc2)cn1. The number of sulfonamides is 1. The summed E-state index contributed by atoms with van der Waals surface area (Å²) < 4.78 is 40.0. The summed E-state index contributed by atoms with van der Waals surface area (Å²) in [6.45, 7) is -0.377. The van der Waals surface area contributed by atoms with Gasteiger partial charge in [0.1, 0.15) is 12.4 Å². The number of carboxylic acid groups (broad SMARTS) is 1. The molecule has 1 heterocycles. The van der Waals surface area contributed by atoms with Crippen molar-refractivity contribution in [3.63, 3.8) is 0 Å². The van der Waals surface area contributed by atoms with Gasteiger partial charge in [0.05, 0.1) is 16.8 Å². The Kier molecular flexibility index (Phi) is 3.70. The molecular formula is C11H10FN3O4S. The zero-order valence-corrected chi connectivity index (χ0v) is 10.8. The van der Waals surface area contributed by atoms with Crippen LogP contribution in [-0.2, 0) is 21.4 Å². The molecule has 0 spiro atoms. The molecule has 0 aliphatic carbocycles. The van der Waals surface area contributed by atoms with E-state index in [1.165, 1.54) is 12.4 Å². The fourth-order valence-electron chi connectivity index (χ4n) is 1.47. The maximum atomic E-state index is 12.7. The van der Waals surface area contributed by atoms with Crippen molar-refractivity contribution in [3.05, 3.63) is 42.5 Å². The van der Waals surface area contributed by atoms with E-state index in [4.69, 9.17) is 5.11 Å². The molecule has 0 aliphatic rings. The molecule has 0 amide bonds. The fraction of sp³-hybridized carbons (Fsp3) is 0.0909. The fourth-order valence-corrected chi connectivity index (χ4v) is 2.50. The molecule has 0 unspecified atom stereocenters. The van der Waals surface area contributed by atoms with E-state index in [1.54, 1.807) is 0 Å². The van der Waals surface area contributed by atoms with E-state index in [0.717, 1.165) is 28.9 Å². The van der Waals surface area contributed by atoms with Gasteiger partial charge >= 0.3 is 5.97 Å². The molecule has 0 fully saturated rings. The van der Waals surface area contributed by atoms with E-state index in [-0.39, 0.29) is 17.1 Å². The lowest BCUT2D eigenvalue weighted by atomic mass is 10.4. The first-order valence-electron chi connectivity index (χ1n) is 5.39. The largest absolute Gasteiger partial charge is 0.480 e. The predicted molar refractivity (Wildman–Crippen MR) is 67.1 cm³/mol. The minimum Gasteiger partial charge on any atom is -0.480 e. The summed E-state index contributed by atoms with van der Waals surface area (Å²) in [5.41, 5.74) is 0.121. The number of carboxylic acids is 1. The van der Waals surface area contributed by atoms with Crippen molar-refractivity contribution < 1.29 is 22.7 Å². The molecule has 2 N–H and O–H groups in total. The van der Waals surface area contributed by atoms with Gasteiger partial charge in [0.15, 0.2) is 0 Å². The number of nitrogens with one attached hydrogen (secondary N) is 1. The average Bonchev–Trinajstić information content (AvgIpc) is 2.75. The number of hydrogen-bond donors (Lipinski definition) is 2. The van der Waals surface area contributed by atoms with Gasteiger partial charge in [0, 0.05) is 6.20 Å². The van der Waals surface area contributed by atoms with Crippen LogP contribution in [0.1, 0.15) is 0 Å². The number of aliphatic carboxylic acids is 1. The Bertz CT molecular complexity index is 724. The van der Waals surface area contributed by atoms with Gasteiger partial charge in [-0.25, -0.2) is 12.8 Å². The summed E-state index contributed by atoms with van der Waals surface area (Å²) in [5, 5.41) is 12.3. The second-order valence-electron chi connectivity index (χ2n) is 3.88. The number of anilines is 1. The van der Waals surface area contributed by atoms with Gasteiger partial charge in [-0.2, -0.15) is 5.10 Å². The second kappa shape index (κ2) is 5.29. The van der Waals surface area contributed by atoms with Gasteiger partial charge in [0.25, 0.3) is 10.0 Å². The van der Waals surface area contributed by atoms with Gasteiger partial charge in [-0.15, -0.1) is 0 Å². The number of nitrogens with zero attached hydrogens (tertiary/aromatic N) is 2. The van der Waals surface area contributed by atoms with Gasteiger partial charge < -0.3 is 5.11 Å². The lowest BCUT2D eigenvalue weighted by molar-refractivity contribution is -0.137. The van der Waals surface area contributed by atoms with Gasteiger partial charge in [-0.1, -0.05) is 0 Å². The second-order valence-corrected chi connectivity index (χ2v) is 5.56. The van der Waals surface area contributed by atoms with Crippen molar-refractivity contribution in [2.24, 2.45) is 0 Å². The van der Waals surface area contributed by atoms with Crippen LogP contribution < -0.4 is 4.72 Å². The molecule has 20 heavy (non-hydrogen) atoms. The highest BCUT2D eigenvalue weighted by Crippen LogP contribution is 2.15. The molecule has 1 aromatic carbocycles. The lowest BCUT2D eigenvalue weighted by Gasteiger charge is -2.05. The monoisotopic (exact) mass is 299 g/mol. The minimum atomic E-state index is -3.86. The Morgan fingerprint density at radius 1 is 1.35 bits per heavy atom. The van der Waals surface area contributed by atoms with Gasteiger partial charge in [-0.3, -0.25) is 14.2 Å². The summed E-state index contributed by atoms with van der Waals surface area (Å²) in [6, 6.07) is 4.31. The van der Waals surface area contributed by atoms with Crippen LogP contribution in [0.4, 0.5) is 10.1 Å². The Morgan fingerprint density at radius 2 is 2.00 bits per heavy atom. The Morgan fingerprint density at radius 3 is 2.60 bits per heavy atom. The Balaban J connectivity index is 2.18. The summed E-state index contributed by atoms with van der Waals surface area (Å²) in [4.78, 5) is 10.4. The number of halogens is 1. The van der Waals surface area contributed by atoms with Crippen LogP contribution in [0.3, 0.4) is 0 Å². The van der Waals surface area contributed by atoms with Crippen LogP contribution in [0.15, 0.2) is 41.6 Å². The van der Waals surface area contributed by atoms with Crippen molar-refractivity contribution in [3.8, 4) is 0 Å². The van der Waals surface area contributed by atoms with Gasteiger partial charge in [-0.05, 0) is 24.3 Å². The molecule has 2 rings (SSSR count). The summed E-state index contributed by atoms with van der Waals surface area (Å²) in [5.74, 6) is -1.64. The third-order valence-electron chi connectivity index (χ3n) is 2.31. The molecule has 0 atom stereocenters. The highest BCUT2D eigenvalue weighted by atomic mass is 32.2. The van der Waals surface area contributed by atoms with Crippen molar-refractivity contribution in [1.82, 2.24) is 9.78 Å².